The number of nitrogens with zero attached hydrogens (tertiary/aromatic N) is 2. The van der Waals surface area contributed by atoms with Crippen LogP contribution < -0.4 is 9.47 Å². The molecule has 0 atom stereocenters. The lowest BCUT2D eigenvalue weighted by Crippen LogP contribution is -2.03. The molecule has 0 bridgehead atoms. The highest BCUT2D eigenvalue weighted by Gasteiger charge is 2.13. The van der Waals surface area contributed by atoms with E-state index in [0.29, 0.717) is 12.4 Å². The summed E-state index contributed by atoms with van der Waals surface area (Å²) in [7, 11) is 3.31. The second kappa shape index (κ2) is 5.87. The number of methoxy groups -OCH3 is 1. The van der Waals surface area contributed by atoms with Crippen LogP contribution in [0.5, 0.6) is 11.5 Å². The number of benzene rings is 1. The molecule has 0 radical (unpaired) electrons. The van der Waals surface area contributed by atoms with Crippen molar-refractivity contribution in [2.45, 2.75) is 20.5 Å². The van der Waals surface area contributed by atoms with Crippen molar-refractivity contribution in [3.63, 3.8) is 0 Å². The summed E-state index contributed by atoms with van der Waals surface area (Å²) in [6.07, 6.45) is 0. The Bertz CT molecular complexity index is 677. The van der Waals surface area contributed by atoms with Crippen molar-refractivity contribution in [1.82, 2.24) is 9.78 Å². The SMILES string of the molecule is COc1cc(COc2c(C)nn(C)c2C)ccc1C(=O)O. The molecule has 6 nitrogen and oxygen atoms in total. The Morgan fingerprint density at radius 2 is 2.10 bits per heavy atom. The summed E-state index contributed by atoms with van der Waals surface area (Å²) in [5, 5.41) is 13.3. The fourth-order valence-corrected chi connectivity index (χ4v) is 2.12. The second-order valence-electron chi connectivity index (χ2n) is 4.75. The van der Waals surface area contributed by atoms with Crippen molar-refractivity contribution in [3.8, 4) is 11.5 Å². The van der Waals surface area contributed by atoms with Gasteiger partial charge in [-0.2, -0.15) is 5.10 Å². The Labute approximate surface area is 122 Å². The van der Waals surface area contributed by atoms with Gasteiger partial charge in [-0.15, -0.1) is 0 Å². The second-order valence-corrected chi connectivity index (χ2v) is 4.75. The molecule has 1 N–H and O–H groups in total. The maximum atomic E-state index is 11.0. The van der Waals surface area contributed by atoms with Crippen LogP contribution in [0.2, 0.25) is 0 Å². The van der Waals surface area contributed by atoms with Crippen molar-refractivity contribution in [2.75, 3.05) is 7.11 Å². The van der Waals surface area contributed by atoms with Crippen molar-refractivity contribution in [3.05, 3.63) is 40.7 Å². The molecular formula is C15H18N2O4. The van der Waals surface area contributed by atoms with E-state index in [4.69, 9.17) is 14.6 Å². The molecule has 0 saturated carbocycles. The van der Waals surface area contributed by atoms with Crippen molar-refractivity contribution < 1.29 is 19.4 Å². The van der Waals surface area contributed by atoms with E-state index in [-0.39, 0.29) is 5.56 Å². The molecule has 2 aromatic rings. The Morgan fingerprint density at radius 1 is 1.38 bits per heavy atom. The zero-order valence-corrected chi connectivity index (χ0v) is 12.5. The van der Waals surface area contributed by atoms with E-state index >= 15 is 0 Å². The maximum absolute atomic E-state index is 11.0. The van der Waals surface area contributed by atoms with Gasteiger partial charge < -0.3 is 14.6 Å². The predicted molar refractivity (Wildman–Crippen MR) is 77.0 cm³/mol. The van der Waals surface area contributed by atoms with Gasteiger partial charge in [-0.05, 0) is 31.5 Å². The summed E-state index contributed by atoms with van der Waals surface area (Å²) < 4.78 is 12.6. The van der Waals surface area contributed by atoms with Gasteiger partial charge in [-0.25, -0.2) is 4.79 Å². The highest BCUT2D eigenvalue weighted by atomic mass is 16.5. The number of carboxylic acid groups (broad SMARTS) is 1. The van der Waals surface area contributed by atoms with Crippen LogP contribution in [0.1, 0.15) is 27.3 Å². The number of aromatic carboxylic acids is 1. The third-order valence-electron chi connectivity index (χ3n) is 3.32. The topological polar surface area (TPSA) is 73.6 Å². The zero-order chi connectivity index (χ0) is 15.6. The molecule has 1 aromatic heterocycles. The molecule has 0 aliphatic heterocycles. The third-order valence-corrected chi connectivity index (χ3v) is 3.32. The van der Waals surface area contributed by atoms with Crippen LogP contribution in [0.3, 0.4) is 0 Å². The van der Waals surface area contributed by atoms with Gasteiger partial charge in [0.1, 0.15) is 23.6 Å². The molecule has 0 aliphatic rings. The average Bonchev–Trinajstić information content (AvgIpc) is 2.69. The highest BCUT2D eigenvalue weighted by Crippen LogP contribution is 2.24. The molecule has 0 spiro atoms. The number of aromatic nitrogens is 2. The first-order valence-electron chi connectivity index (χ1n) is 6.47. The lowest BCUT2D eigenvalue weighted by molar-refractivity contribution is 0.0693. The van der Waals surface area contributed by atoms with Crippen LogP contribution in [0.25, 0.3) is 0 Å². The van der Waals surface area contributed by atoms with Gasteiger partial charge in [0.25, 0.3) is 0 Å². The van der Waals surface area contributed by atoms with Crippen molar-refractivity contribution in [2.24, 2.45) is 7.05 Å². The fourth-order valence-electron chi connectivity index (χ4n) is 2.12. The van der Waals surface area contributed by atoms with Crippen molar-refractivity contribution in [1.29, 1.82) is 0 Å². The van der Waals surface area contributed by atoms with Gasteiger partial charge in [0, 0.05) is 7.05 Å². The van der Waals surface area contributed by atoms with E-state index in [1.165, 1.54) is 13.2 Å². The molecule has 0 fully saturated rings. The number of hydrogen-bond acceptors (Lipinski definition) is 4. The van der Waals surface area contributed by atoms with Gasteiger partial charge in [-0.1, -0.05) is 6.07 Å². The third kappa shape index (κ3) is 2.99. The summed E-state index contributed by atoms with van der Waals surface area (Å²) in [6.45, 7) is 4.14. The number of ether oxygens (including phenoxy) is 2. The Hall–Kier alpha value is -2.50. The quantitative estimate of drug-likeness (QED) is 0.914. The van der Waals surface area contributed by atoms with Gasteiger partial charge in [-0.3, -0.25) is 4.68 Å². The molecule has 112 valence electrons. The van der Waals surface area contributed by atoms with E-state index in [2.05, 4.69) is 5.10 Å². The fraction of sp³-hybridized carbons (Fsp3) is 0.333. The smallest absolute Gasteiger partial charge is 0.339 e. The van der Waals surface area contributed by atoms with Crippen LogP contribution in [0.4, 0.5) is 0 Å². The van der Waals surface area contributed by atoms with Crippen LogP contribution in [-0.4, -0.2) is 28.0 Å². The van der Waals surface area contributed by atoms with Crippen LogP contribution >= 0.6 is 0 Å². The number of carbonyl (C=O) groups is 1. The molecule has 0 amide bonds. The molecular weight excluding hydrogens is 272 g/mol. The van der Waals surface area contributed by atoms with Gasteiger partial charge >= 0.3 is 5.97 Å². The summed E-state index contributed by atoms with van der Waals surface area (Å²) in [5.74, 6) is 0.0558. The lowest BCUT2D eigenvalue weighted by Gasteiger charge is -2.10. The molecule has 0 saturated heterocycles. The maximum Gasteiger partial charge on any atom is 0.339 e. The first-order chi connectivity index (χ1) is 9.93. The number of aryl methyl sites for hydroxylation is 2. The number of rotatable bonds is 5. The molecule has 21 heavy (non-hydrogen) atoms. The molecule has 2 rings (SSSR count). The average molecular weight is 290 g/mol. The Morgan fingerprint density at radius 3 is 2.62 bits per heavy atom. The van der Waals surface area contributed by atoms with Gasteiger partial charge in [0.15, 0.2) is 5.75 Å². The monoisotopic (exact) mass is 290 g/mol. The van der Waals surface area contributed by atoms with Gasteiger partial charge in [0.2, 0.25) is 0 Å². The molecule has 6 heteroatoms. The minimum Gasteiger partial charge on any atom is -0.496 e. The number of carboxylic acids is 1. The van der Waals surface area contributed by atoms with Crippen molar-refractivity contribution >= 4 is 5.97 Å². The molecule has 0 aliphatic carbocycles. The van der Waals surface area contributed by atoms with Crippen LogP contribution in [-0.2, 0) is 13.7 Å². The zero-order valence-electron chi connectivity index (χ0n) is 12.5. The Kier molecular flexibility index (Phi) is 4.16. The van der Waals surface area contributed by atoms with E-state index in [1.54, 1.807) is 16.8 Å². The van der Waals surface area contributed by atoms with E-state index < -0.39 is 5.97 Å². The summed E-state index contributed by atoms with van der Waals surface area (Å²) in [5.41, 5.74) is 2.74. The minimum atomic E-state index is -1.02. The van der Waals surface area contributed by atoms with E-state index in [9.17, 15) is 4.79 Å². The molecule has 0 unspecified atom stereocenters. The standard InChI is InChI=1S/C15H18N2O4/c1-9-14(10(2)17(3)16-9)21-8-11-5-6-12(15(18)19)13(7-11)20-4/h5-7H,8H2,1-4H3,(H,18,19). The van der Waals surface area contributed by atoms with Crippen LogP contribution in [0.15, 0.2) is 18.2 Å². The van der Waals surface area contributed by atoms with E-state index in [1.807, 2.05) is 20.9 Å². The first kappa shape index (κ1) is 14.9. The summed E-state index contributed by atoms with van der Waals surface area (Å²) in [4.78, 5) is 11.0. The summed E-state index contributed by atoms with van der Waals surface area (Å²) >= 11 is 0. The summed E-state index contributed by atoms with van der Waals surface area (Å²) in [6, 6.07) is 4.90. The predicted octanol–water partition coefficient (Wildman–Crippen LogP) is 2.32. The Balaban J connectivity index is 2.19. The van der Waals surface area contributed by atoms with Crippen LogP contribution in [0, 0.1) is 13.8 Å². The lowest BCUT2D eigenvalue weighted by atomic mass is 10.1. The van der Waals surface area contributed by atoms with Gasteiger partial charge in [0.05, 0.1) is 12.8 Å². The highest BCUT2D eigenvalue weighted by molar-refractivity contribution is 5.90. The normalized spacial score (nSPS) is 10.5. The number of hydrogen-bond donors (Lipinski definition) is 1. The molecule has 1 heterocycles. The largest absolute Gasteiger partial charge is 0.496 e. The van der Waals surface area contributed by atoms with E-state index in [0.717, 1.165) is 22.7 Å². The first-order valence-corrected chi connectivity index (χ1v) is 6.47. The molecule has 1 aromatic carbocycles. The minimum absolute atomic E-state index is 0.134.